The highest BCUT2D eigenvalue weighted by Gasteiger charge is 2.22. The molecule has 2 N–H and O–H groups in total. The van der Waals surface area contributed by atoms with Gasteiger partial charge < -0.3 is 19.9 Å². The number of fused-ring (bicyclic) bond motifs is 1. The van der Waals surface area contributed by atoms with Gasteiger partial charge in [0.2, 0.25) is 5.91 Å². The Labute approximate surface area is 186 Å². The highest BCUT2D eigenvalue weighted by atomic mass is 16.5. The summed E-state index contributed by atoms with van der Waals surface area (Å²) in [6.07, 6.45) is 4.73. The van der Waals surface area contributed by atoms with Crippen molar-refractivity contribution < 1.29 is 14.3 Å². The molecule has 4 rings (SSSR count). The van der Waals surface area contributed by atoms with Gasteiger partial charge in [0, 0.05) is 30.5 Å². The summed E-state index contributed by atoms with van der Waals surface area (Å²) in [5, 5.41) is 4.23. The molecule has 0 spiro atoms. The van der Waals surface area contributed by atoms with Gasteiger partial charge in [-0.15, -0.1) is 0 Å². The van der Waals surface area contributed by atoms with Gasteiger partial charge in [0.05, 0.1) is 5.39 Å². The van der Waals surface area contributed by atoms with E-state index in [1.165, 1.54) is 0 Å². The molecule has 1 fully saturated rings. The Morgan fingerprint density at radius 1 is 1.12 bits per heavy atom. The van der Waals surface area contributed by atoms with E-state index in [9.17, 15) is 14.4 Å². The fraction of sp³-hybridized carbons (Fsp3) is 0.320. The van der Waals surface area contributed by atoms with E-state index >= 15 is 0 Å². The summed E-state index contributed by atoms with van der Waals surface area (Å²) in [5.41, 5.74) is 1.29. The molecular weight excluding hydrogens is 406 g/mol. The number of piperidine rings is 1. The van der Waals surface area contributed by atoms with Crippen LogP contribution in [0, 0.1) is 0 Å². The minimum Gasteiger partial charge on any atom is -0.481 e. The first-order valence-corrected chi connectivity index (χ1v) is 11.0. The van der Waals surface area contributed by atoms with Crippen molar-refractivity contribution in [3.8, 4) is 5.75 Å². The normalized spacial score (nSPS) is 14.9. The summed E-state index contributed by atoms with van der Waals surface area (Å²) >= 11 is 0. The minimum atomic E-state index is -0.691. The van der Waals surface area contributed by atoms with Crippen molar-refractivity contribution in [2.45, 2.75) is 45.1 Å². The van der Waals surface area contributed by atoms with Crippen LogP contribution in [0.5, 0.6) is 5.75 Å². The zero-order valence-electron chi connectivity index (χ0n) is 18.1. The smallest absolute Gasteiger partial charge is 0.265 e. The topological polar surface area (TPSA) is 91.5 Å². The van der Waals surface area contributed by atoms with Crippen LogP contribution in [0.15, 0.2) is 59.5 Å². The Hall–Kier alpha value is -3.61. The standard InChI is InChI=1S/C25H27N3O4/c1-2-5-22(32-20-12-7-17-13-14-26-24(30)21(17)16-20)25(31)27-18-8-10-19(11-9-18)28-15-4-3-6-23(28)29/h7-14,16,22H,2-6,15H2,1H3,(H,26,30)(H,27,31). The number of carbonyl (C=O) groups is 2. The summed E-state index contributed by atoms with van der Waals surface area (Å²) < 4.78 is 5.97. The Morgan fingerprint density at radius 3 is 2.69 bits per heavy atom. The second-order valence-corrected chi connectivity index (χ2v) is 7.99. The lowest BCUT2D eigenvalue weighted by atomic mass is 10.1. The molecule has 32 heavy (non-hydrogen) atoms. The van der Waals surface area contributed by atoms with Crippen molar-refractivity contribution in [1.29, 1.82) is 0 Å². The number of nitrogens with zero attached hydrogens (tertiary/aromatic N) is 1. The maximum Gasteiger partial charge on any atom is 0.265 e. The van der Waals surface area contributed by atoms with Crippen LogP contribution in [-0.2, 0) is 9.59 Å². The maximum absolute atomic E-state index is 12.9. The summed E-state index contributed by atoms with van der Waals surface area (Å²) in [7, 11) is 0. The Balaban J connectivity index is 1.46. The lowest BCUT2D eigenvalue weighted by Gasteiger charge is -2.27. The Kier molecular flexibility index (Phi) is 6.54. The monoisotopic (exact) mass is 433 g/mol. The predicted molar refractivity (Wildman–Crippen MR) is 125 cm³/mol. The van der Waals surface area contributed by atoms with E-state index < -0.39 is 6.10 Å². The number of H-pyrrole nitrogens is 1. The first kappa shape index (κ1) is 21.6. The van der Waals surface area contributed by atoms with Crippen LogP contribution in [0.3, 0.4) is 0 Å². The van der Waals surface area contributed by atoms with E-state index in [0.717, 1.165) is 36.9 Å². The third kappa shape index (κ3) is 4.82. The average Bonchev–Trinajstić information content (AvgIpc) is 2.80. The molecule has 2 amide bonds. The van der Waals surface area contributed by atoms with Gasteiger partial charge in [0.15, 0.2) is 6.10 Å². The molecular formula is C25H27N3O4. The van der Waals surface area contributed by atoms with E-state index in [0.29, 0.717) is 29.7 Å². The number of pyridine rings is 1. The molecule has 2 heterocycles. The molecule has 1 aromatic heterocycles. The van der Waals surface area contributed by atoms with Crippen LogP contribution in [0.4, 0.5) is 11.4 Å². The number of anilines is 2. The maximum atomic E-state index is 12.9. The van der Waals surface area contributed by atoms with Crippen LogP contribution >= 0.6 is 0 Å². The Bertz CT molecular complexity index is 1170. The molecule has 1 saturated heterocycles. The molecule has 0 radical (unpaired) electrons. The van der Waals surface area contributed by atoms with Gasteiger partial charge in [-0.3, -0.25) is 14.4 Å². The van der Waals surface area contributed by atoms with Gasteiger partial charge in [-0.05, 0) is 67.1 Å². The molecule has 1 unspecified atom stereocenters. The molecule has 7 nitrogen and oxygen atoms in total. The number of nitrogens with one attached hydrogen (secondary N) is 2. The van der Waals surface area contributed by atoms with Gasteiger partial charge in [0.25, 0.3) is 11.5 Å². The molecule has 3 aromatic rings. The van der Waals surface area contributed by atoms with Gasteiger partial charge in [-0.2, -0.15) is 0 Å². The van der Waals surface area contributed by atoms with Crippen molar-refractivity contribution in [3.05, 3.63) is 65.1 Å². The quantitative estimate of drug-likeness (QED) is 0.583. The van der Waals surface area contributed by atoms with Gasteiger partial charge in [0.1, 0.15) is 5.75 Å². The number of aromatic nitrogens is 1. The number of ether oxygens (including phenoxy) is 1. The summed E-state index contributed by atoms with van der Waals surface area (Å²) in [5.74, 6) is 0.358. The van der Waals surface area contributed by atoms with Crippen molar-refractivity contribution in [1.82, 2.24) is 4.98 Å². The van der Waals surface area contributed by atoms with Crippen LogP contribution in [0.25, 0.3) is 10.8 Å². The van der Waals surface area contributed by atoms with Crippen LogP contribution in [-0.4, -0.2) is 29.4 Å². The summed E-state index contributed by atoms with van der Waals surface area (Å²) in [4.78, 5) is 41.5. The number of benzene rings is 2. The minimum absolute atomic E-state index is 0.138. The summed E-state index contributed by atoms with van der Waals surface area (Å²) in [6, 6.07) is 14.4. The molecule has 1 aliphatic heterocycles. The lowest BCUT2D eigenvalue weighted by molar-refractivity contribution is -0.123. The van der Waals surface area contributed by atoms with Crippen molar-refractivity contribution in [2.75, 3.05) is 16.8 Å². The molecule has 7 heteroatoms. The fourth-order valence-electron chi connectivity index (χ4n) is 3.93. The molecule has 1 atom stereocenters. The first-order chi connectivity index (χ1) is 15.5. The Morgan fingerprint density at radius 2 is 1.94 bits per heavy atom. The van der Waals surface area contributed by atoms with Crippen molar-refractivity contribution in [3.63, 3.8) is 0 Å². The molecule has 1 aliphatic rings. The van der Waals surface area contributed by atoms with E-state index in [2.05, 4.69) is 10.3 Å². The molecule has 2 aromatic carbocycles. The second-order valence-electron chi connectivity index (χ2n) is 7.99. The zero-order chi connectivity index (χ0) is 22.5. The van der Waals surface area contributed by atoms with E-state index in [1.54, 1.807) is 41.4 Å². The predicted octanol–water partition coefficient (Wildman–Crippen LogP) is 4.23. The third-order valence-corrected chi connectivity index (χ3v) is 5.64. The van der Waals surface area contributed by atoms with E-state index in [-0.39, 0.29) is 17.4 Å². The zero-order valence-corrected chi connectivity index (χ0v) is 18.1. The van der Waals surface area contributed by atoms with Crippen molar-refractivity contribution >= 4 is 34.0 Å². The average molecular weight is 434 g/mol. The molecule has 0 bridgehead atoms. The summed E-state index contributed by atoms with van der Waals surface area (Å²) in [6.45, 7) is 2.71. The largest absolute Gasteiger partial charge is 0.481 e. The van der Waals surface area contributed by atoms with E-state index in [1.807, 2.05) is 25.1 Å². The molecule has 166 valence electrons. The number of hydrogen-bond acceptors (Lipinski definition) is 4. The van der Waals surface area contributed by atoms with Gasteiger partial charge >= 0.3 is 0 Å². The number of aromatic amines is 1. The van der Waals surface area contributed by atoms with Crippen LogP contribution in [0.1, 0.15) is 39.0 Å². The van der Waals surface area contributed by atoms with E-state index in [4.69, 9.17) is 4.74 Å². The second kappa shape index (κ2) is 9.68. The SMILES string of the molecule is CCCC(Oc1ccc2cc[nH]c(=O)c2c1)C(=O)Nc1ccc(N2CCCCC2=O)cc1. The lowest BCUT2D eigenvalue weighted by Crippen LogP contribution is -2.35. The first-order valence-electron chi connectivity index (χ1n) is 11.0. The molecule has 0 aliphatic carbocycles. The third-order valence-electron chi connectivity index (χ3n) is 5.64. The van der Waals surface area contributed by atoms with Crippen LogP contribution in [0.2, 0.25) is 0 Å². The van der Waals surface area contributed by atoms with Gasteiger partial charge in [-0.25, -0.2) is 0 Å². The number of rotatable bonds is 7. The number of amides is 2. The highest BCUT2D eigenvalue weighted by Crippen LogP contribution is 2.24. The number of carbonyl (C=O) groups excluding carboxylic acids is 2. The van der Waals surface area contributed by atoms with Gasteiger partial charge in [-0.1, -0.05) is 19.4 Å². The molecule has 0 saturated carbocycles. The van der Waals surface area contributed by atoms with Crippen molar-refractivity contribution in [2.24, 2.45) is 0 Å². The number of hydrogen-bond donors (Lipinski definition) is 2. The fourth-order valence-corrected chi connectivity index (χ4v) is 3.93. The van der Waals surface area contributed by atoms with Crippen LogP contribution < -0.4 is 20.5 Å². The highest BCUT2D eigenvalue weighted by molar-refractivity contribution is 5.96.